The molecule has 128 valence electrons. The highest BCUT2D eigenvalue weighted by Crippen LogP contribution is 2.13. The van der Waals surface area contributed by atoms with Crippen LogP contribution >= 0.6 is 0 Å². The number of Topliss-reactive ketones (excluding diaryl/α,β-unsaturated/α-hetero) is 1. The number of carbonyl (C=O) groups is 2. The van der Waals surface area contributed by atoms with E-state index in [4.69, 9.17) is 0 Å². The van der Waals surface area contributed by atoms with E-state index in [-0.39, 0.29) is 5.56 Å². The van der Waals surface area contributed by atoms with Crippen LogP contribution in [0, 0.1) is 17.2 Å². The number of nitrogens with one attached hydrogen (secondary N) is 1. The summed E-state index contributed by atoms with van der Waals surface area (Å²) in [5.74, 6) is -2.65. The molecule has 6 nitrogen and oxygen atoms in total. The van der Waals surface area contributed by atoms with Crippen LogP contribution in [-0.4, -0.2) is 21.5 Å². The van der Waals surface area contributed by atoms with Crippen molar-refractivity contribution in [2.24, 2.45) is 5.92 Å². The van der Waals surface area contributed by atoms with Gasteiger partial charge in [-0.3, -0.25) is 14.3 Å². The molecule has 2 aromatic carbocycles. The Kier molecular flexibility index (Phi) is 5.20. The summed E-state index contributed by atoms with van der Waals surface area (Å²) in [6.07, 6.45) is 2.93. The molecular weight excluding hydrogens is 328 g/mol. The number of rotatable bonds is 6. The highest BCUT2D eigenvalue weighted by molar-refractivity contribution is 6.15. The van der Waals surface area contributed by atoms with Gasteiger partial charge in [0.2, 0.25) is 5.91 Å². The van der Waals surface area contributed by atoms with E-state index >= 15 is 0 Å². The van der Waals surface area contributed by atoms with Crippen LogP contribution in [0.15, 0.2) is 73.1 Å². The first kappa shape index (κ1) is 17.1. The Labute approximate surface area is 150 Å². The molecule has 3 rings (SSSR count). The van der Waals surface area contributed by atoms with Gasteiger partial charge >= 0.3 is 0 Å². The number of aromatic nitrogens is 2. The first-order valence-corrected chi connectivity index (χ1v) is 8.03. The Bertz CT molecular complexity index is 943. The maximum absolute atomic E-state index is 12.5. The molecule has 6 heteroatoms. The molecule has 1 aromatic heterocycles. The van der Waals surface area contributed by atoms with E-state index in [9.17, 15) is 14.9 Å². The molecule has 0 radical (unpaired) electrons. The second-order valence-corrected chi connectivity index (χ2v) is 5.69. The van der Waals surface area contributed by atoms with Crippen LogP contribution < -0.4 is 5.32 Å². The molecule has 1 amide bonds. The summed E-state index contributed by atoms with van der Waals surface area (Å²) in [5, 5.41) is 16.0. The van der Waals surface area contributed by atoms with Gasteiger partial charge in [-0.05, 0) is 17.7 Å². The van der Waals surface area contributed by atoms with Gasteiger partial charge in [-0.1, -0.05) is 48.5 Å². The van der Waals surface area contributed by atoms with Gasteiger partial charge in [-0.25, -0.2) is 0 Å². The number of amides is 1. The molecular formula is C20H16N4O2. The van der Waals surface area contributed by atoms with Crippen molar-refractivity contribution in [3.05, 3.63) is 84.2 Å². The largest absolute Gasteiger partial charge is 0.325 e. The summed E-state index contributed by atoms with van der Waals surface area (Å²) in [6, 6.07) is 20.2. The molecule has 0 bridgehead atoms. The summed E-state index contributed by atoms with van der Waals surface area (Å²) in [5.41, 5.74) is 1.80. The second kappa shape index (κ2) is 7.90. The Morgan fingerprint density at radius 2 is 1.73 bits per heavy atom. The minimum Gasteiger partial charge on any atom is -0.325 e. The lowest BCUT2D eigenvalue weighted by molar-refractivity contribution is -0.117. The van der Waals surface area contributed by atoms with Crippen molar-refractivity contribution in [1.29, 1.82) is 5.26 Å². The zero-order valence-electron chi connectivity index (χ0n) is 13.9. The van der Waals surface area contributed by atoms with Gasteiger partial charge in [-0.2, -0.15) is 10.4 Å². The molecule has 1 N–H and O–H groups in total. The third-order valence-electron chi connectivity index (χ3n) is 3.80. The van der Waals surface area contributed by atoms with Crippen LogP contribution in [0.4, 0.5) is 5.69 Å². The normalized spacial score (nSPS) is 11.3. The standard InChI is InChI=1S/C20H16N4O2/c21-11-18(20(26)23-17-9-5-2-6-10-17)19(25)16-12-22-24(14-16)13-15-7-3-1-4-8-15/h1-10,12,14,18H,13H2,(H,23,26). The van der Waals surface area contributed by atoms with E-state index in [0.29, 0.717) is 12.2 Å². The number of hydrogen-bond donors (Lipinski definition) is 1. The summed E-state index contributed by atoms with van der Waals surface area (Å²) >= 11 is 0. The van der Waals surface area contributed by atoms with E-state index in [1.165, 1.54) is 6.20 Å². The smallest absolute Gasteiger partial charge is 0.249 e. The van der Waals surface area contributed by atoms with E-state index in [2.05, 4.69) is 10.4 Å². The van der Waals surface area contributed by atoms with E-state index in [0.717, 1.165) is 5.56 Å². The summed E-state index contributed by atoms with van der Waals surface area (Å²) in [4.78, 5) is 24.8. The second-order valence-electron chi connectivity index (χ2n) is 5.69. The van der Waals surface area contributed by atoms with Crippen molar-refractivity contribution in [3.8, 4) is 6.07 Å². The molecule has 1 heterocycles. The highest BCUT2D eigenvalue weighted by atomic mass is 16.2. The van der Waals surface area contributed by atoms with Gasteiger partial charge in [0, 0.05) is 11.9 Å². The lowest BCUT2D eigenvalue weighted by atomic mass is 10.0. The van der Waals surface area contributed by atoms with E-state index in [1.807, 2.05) is 36.4 Å². The van der Waals surface area contributed by atoms with Crippen molar-refractivity contribution >= 4 is 17.4 Å². The topological polar surface area (TPSA) is 87.8 Å². The minimum atomic E-state index is -1.43. The number of ketones is 1. The molecule has 0 fully saturated rings. The number of nitrogens with zero attached hydrogens (tertiary/aromatic N) is 3. The van der Waals surface area contributed by atoms with Gasteiger partial charge in [-0.15, -0.1) is 0 Å². The molecule has 0 spiro atoms. The highest BCUT2D eigenvalue weighted by Gasteiger charge is 2.28. The van der Waals surface area contributed by atoms with Gasteiger partial charge < -0.3 is 5.32 Å². The predicted molar refractivity (Wildman–Crippen MR) is 96.3 cm³/mol. The lowest BCUT2D eigenvalue weighted by Crippen LogP contribution is -2.28. The molecule has 0 aliphatic heterocycles. The zero-order valence-corrected chi connectivity index (χ0v) is 13.9. The fourth-order valence-corrected chi connectivity index (χ4v) is 2.49. The molecule has 26 heavy (non-hydrogen) atoms. The van der Waals surface area contributed by atoms with Crippen LogP contribution in [-0.2, 0) is 11.3 Å². The Hall–Kier alpha value is -3.72. The molecule has 3 aromatic rings. The number of carbonyl (C=O) groups excluding carboxylic acids is 2. The number of nitriles is 1. The van der Waals surface area contributed by atoms with E-state index < -0.39 is 17.6 Å². The van der Waals surface area contributed by atoms with Crippen LogP contribution in [0.1, 0.15) is 15.9 Å². The zero-order chi connectivity index (χ0) is 18.4. The summed E-state index contributed by atoms with van der Waals surface area (Å²) in [6.45, 7) is 0.502. The van der Waals surface area contributed by atoms with Crippen molar-refractivity contribution in [1.82, 2.24) is 9.78 Å². The number of benzene rings is 2. The fourth-order valence-electron chi connectivity index (χ4n) is 2.49. The van der Waals surface area contributed by atoms with Crippen molar-refractivity contribution in [3.63, 3.8) is 0 Å². The third-order valence-corrected chi connectivity index (χ3v) is 3.80. The Morgan fingerprint density at radius 3 is 2.38 bits per heavy atom. The van der Waals surface area contributed by atoms with Gasteiger partial charge in [0.25, 0.3) is 0 Å². The molecule has 0 aliphatic rings. The molecule has 0 aliphatic carbocycles. The van der Waals surface area contributed by atoms with Gasteiger partial charge in [0.05, 0.1) is 24.4 Å². The number of hydrogen-bond acceptors (Lipinski definition) is 4. The molecule has 0 saturated heterocycles. The fraction of sp³-hybridized carbons (Fsp3) is 0.100. The molecule has 1 unspecified atom stereocenters. The first-order chi connectivity index (χ1) is 12.7. The summed E-state index contributed by atoms with van der Waals surface area (Å²) in [7, 11) is 0. The average molecular weight is 344 g/mol. The lowest BCUT2D eigenvalue weighted by Gasteiger charge is -2.08. The average Bonchev–Trinajstić information content (AvgIpc) is 3.12. The SMILES string of the molecule is N#CC(C(=O)Nc1ccccc1)C(=O)c1cnn(Cc2ccccc2)c1. The maximum Gasteiger partial charge on any atom is 0.249 e. The number of anilines is 1. The first-order valence-electron chi connectivity index (χ1n) is 8.03. The van der Waals surface area contributed by atoms with Crippen molar-refractivity contribution < 1.29 is 9.59 Å². The van der Waals surface area contributed by atoms with Gasteiger partial charge in [0.1, 0.15) is 0 Å². The third kappa shape index (κ3) is 4.02. The predicted octanol–water partition coefficient (Wildman–Crippen LogP) is 2.89. The quantitative estimate of drug-likeness (QED) is 0.550. The Morgan fingerprint density at radius 1 is 1.08 bits per heavy atom. The van der Waals surface area contributed by atoms with Gasteiger partial charge in [0.15, 0.2) is 11.7 Å². The van der Waals surface area contributed by atoms with Crippen LogP contribution in [0.3, 0.4) is 0 Å². The van der Waals surface area contributed by atoms with E-state index in [1.54, 1.807) is 41.2 Å². The Balaban J connectivity index is 1.71. The van der Waals surface area contributed by atoms with Crippen LogP contribution in [0.2, 0.25) is 0 Å². The van der Waals surface area contributed by atoms with Crippen molar-refractivity contribution in [2.75, 3.05) is 5.32 Å². The summed E-state index contributed by atoms with van der Waals surface area (Å²) < 4.78 is 1.60. The van der Waals surface area contributed by atoms with Crippen LogP contribution in [0.5, 0.6) is 0 Å². The van der Waals surface area contributed by atoms with Crippen LogP contribution in [0.25, 0.3) is 0 Å². The maximum atomic E-state index is 12.5. The van der Waals surface area contributed by atoms with Crippen molar-refractivity contribution in [2.45, 2.75) is 6.54 Å². The minimum absolute atomic E-state index is 0.232. The molecule has 1 atom stereocenters. The molecule has 0 saturated carbocycles. The number of para-hydroxylation sites is 1. The monoisotopic (exact) mass is 344 g/mol.